The summed E-state index contributed by atoms with van der Waals surface area (Å²) in [6.07, 6.45) is 9.57. The molecule has 1 aromatic carbocycles. The standard InChI is InChI=1S/C31H36N8O4/c1-6-22-17(3)12-24(42-22)38-15-36-25-27(38)32-13-34-29(25)40-20-8-10-21(11-9-20)41-30-26-28(33-14-35-30)39(16-37-26)31-19(5)18(4)23(7-2)43-31/h8-11,13-19,22-24,31H,6-7,12H2,1-5H3/t17?,18?,19-,22+,23+,24+,31+/m0/s1. The molecule has 4 aromatic heterocycles. The number of fused-ring (bicyclic) bond motifs is 2. The van der Waals surface area contributed by atoms with Crippen molar-refractivity contribution in [3.63, 3.8) is 0 Å². The highest BCUT2D eigenvalue weighted by atomic mass is 16.5. The van der Waals surface area contributed by atoms with Gasteiger partial charge < -0.3 is 18.9 Å². The topological polar surface area (TPSA) is 124 Å². The molecule has 0 bridgehead atoms. The largest absolute Gasteiger partial charge is 0.437 e. The van der Waals surface area contributed by atoms with Crippen LogP contribution in [0.5, 0.6) is 23.3 Å². The van der Waals surface area contributed by atoms with Crippen LogP contribution in [-0.4, -0.2) is 51.2 Å². The Hall–Kier alpha value is -4.16. The summed E-state index contributed by atoms with van der Waals surface area (Å²) in [5.41, 5.74) is 2.53. The Morgan fingerprint density at radius 3 is 1.79 bits per heavy atom. The number of hydrogen-bond acceptors (Lipinski definition) is 10. The summed E-state index contributed by atoms with van der Waals surface area (Å²) in [6, 6.07) is 7.24. The lowest BCUT2D eigenvalue weighted by Gasteiger charge is -2.18. The van der Waals surface area contributed by atoms with Gasteiger partial charge in [-0.1, -0.05) is 34.6 Å². The molecule has 5 aromatic rings. The molecule has 43 heavy (non-hydrogen) atoms. The van der Waals surface area contributed by atoms with Crippen LogP contribution in [0.3, 0.4) is 0 Å². The summed E-state index contributed by atoms with van der Waals surface area (Å²) in [6.45, 7) is 11.0. The smallest absolute Gasteiger partial charge is 0.250 e. The third-order valence-electron chi connectivity index (χ3n) is 9.01. The second-order valence-corrected chi connectivity index (χ2v) is 11.6. The van der Waals surface area contributed by atoms with Crippen LogP contribution in [0.4, 0.5) is 0 Å². The fourth-order valence-electron chi connectivity index (χ4n) is 6.36. The lowest BCUT2D eigenvalue weighted by Crippen LogP contribution is -2.15. The van der Waals surface area contributed by atoms with Gasteiger partial charge in [-0.05, 0) is 55.4 Å². The molecule has 0 saturated carbocycles. The maximum atomic E-state index is 6.36. The molecule has 12 nitrogen and oxygen atoms in total. The van der Waals surface area contributed by atoms with E-state index in [0.29, 0.717) is 63.3 Å². The van der Waals surface area contributed by atoms with Gasteiger partial charge in [0.15, 0.2) is 22.3 Å². The first-order chi connectivity index (χ1) is 20.9. The second-order valence-electron chi connectivity index (χ2n) is 11.6. The van der Waals surface area contributed by atoms with E-state index in [1.807, 2.05) is 33.4 Å². The number of rotatable bonds is 8. The van der Waals surface area contributed by atoms with E-state index in [2.05, 4.69) is 64.5 Å². The maximum absolute atomic E-state index is 6.36. The molecule has 2 fully saturated rings. The average molecular weight is 585 g/mol. The molecule has 0 N–H and O–H groups in total. The van der Waals surface area contributed by atoms with Crippen molar-refractivity contribution in [1.82, 2.24) is 39.0 Å². The van der Waals surface area contributed by atoms with Gasteiger partial charge in [-0.25, -0.2) is 19.9 Å². The van der Waals surface area contributed by atoms with E-state index in [1.54, 1.807) is 12.7 Å². The molecular weight excluding hydrogens is 548 g/mol. The summed E-state index contributed by atoms with van der Waals surface area (Å²) in [5, 5.41) is 0. The van der Waals surface area contributed by atoms with E-state index in [9.17, 15) is 0 Å². The third kappa shape index (κ3) is 4.88. The van der Waals surface area contributed by atoms with Crippen molar-refractivity contribution in [1.29, 1.82) is 0 Å². The van der Waals surface area contributed by atoms with Crippen molar-refractivity contribution < 1.29 is 18.9 Å². The van der Waals surface area contributed by atoms with Crippen molar-refractivity contribution in [3.8, 4) is 23.3 Å². The van der Waals surface area contributed by atoms with Crippen LogP contribution in [0.2, 0.25) is 0 Å². The van der Waals surface area contributed by atoms with E-state index in [4.69, 9.17) is 18.9 Å². The van der Waals surface area contributed by atoms with Crippen LogP contribution < -0.4 is 9.47 Å². The summed E-state index contributed by atoms with van der Waals surface area (Å²) >= 11 is 0. The molecule has 7 atom stereocenters. The van der Waals surface area contributed by atoms with Crippen molar-refractivity contribution in [2.45, 2.75) is 78.5 Å². The molecule has 0 spiro atoms. The zero-order valence-corrected chi connectivity index (χ0v) is 25.0. The molecule has 2 aliphatic rings. The molecule has 224 valence electrons. The monoisotopic (exact) mass is 584 g/mol. The van der Waals surface area contributed by atoms with Crippen molar-refractivity contribution >= 4 is 22.3 Å². The lowest BCUT2D eigenvalue weighted by atomic mass is 9.91. The van der Waals surface area contributed by atoms with Crippen LogP contribution in [0, 0.1) is 17.8 Å². The summed E-state index contributed by atoms with van der Waals surface area (Å²) in [5.74, 6) is 3.17. The molecule has 2 saturated heterocycles. The number of benzene rings is 1. The molecule has 0 amide bonds. The Labute approximate surface area is 249 Å². The summed E-state index contributed by atoms with van der Waals surface area (Å²) in [7, 11) is 0. The molecule has 0 radical (unpaired) electrons. The first kappa shape index (κ1) is 27.7. The van der Waals surface area contributed by atoms with Crippen molar-refractivity contribution in [2.75, 3.05) is 0 Å². The van der Waals surface area contributed by atoms with Gasteiger partial charge in [0.1, 0.15) is 36.6 Å². The molecule has 2 unspecified atom stereocenters. The van der Waals surface area contributed by atoms with Gasteiger partial charge in [0, 0.05) is 5.92 Å². The molecule has 7 rings (SSSR count). The molecular formula is C31H36N8O4. The number of ether oxygens (including phenoxy) is 4. The summed E-state index contributed by atoms with van der Waals surface area (Å²) < 4.78 is 28.8. The third-order valence-corrected chi connectivity index (χ3v) is 9.01. The zero-order valence-electron chi connectivity index (χ0n) is 25.0. The van der Waals surface area contributed by atoms with Crippen molar-refractivity contribution in [2.24, 2.45) is 17.8 Å². The van der Waals surface area contributed by atoms with Crippen molar-refractivity contribution in [3.05, 3.63) is 49.6 Å². The Kier molecular flexibility index (Phi) is 7.18. The molecule has 12 heteroatoms. The predicted molar refractivity (Wildman–Crippen MR) is 158 cm³/mol. The first-order valence-electron chi connectivity index (χ1n) is 15.1. The Bertz CT molecular complexity index is 1740. The lowest BCUT2D eigenvalue weighted by molar-refractivity contribution is -0.0120. The number of nitrogens with zero attached hydrogens (tertiary/aromatic N) is 8. The minimum Gasteiger partial charge on any atom is -0.437 e. The van der Waals surface area contributed by atoms with Crippen LogP contribution in [0.1, 0.15) is 66.3 Å². The van der Waals surface area contributed by atoms with Crippen LogP contribution in [0.15, 0.2) is 49.6 Å². The van der Waals surface area contributed by atoms with Gasteiger partial charge in [0.25, 0.3) is 11.8 Å². The van der Waals surface area contributed by atoms with Gasteiger partial charge in [-0.3, -0.25) is 9.13 Å². The minimum absolute atomic E-state index is 0.102. The van der Waals surface area contributed by atoms with Gasteiger partial charge in [-0.15, -0.1) is 0 Å². The Morgan fingerprint density at radius 2 is 1.26 bits per heavy atom. The molecule has 0 aliphatic carbocycles. The van der Waals surface area contributed by atoms with Crippen LogP contribution in [0.25, 0.3) is 22.3 Å². The van der Waals surface area contributed by atoms with E-state index in [-0.39, 0.29) is 24.7 Å². The fraction of sp³-hybridized carbons (Fsp3) is 0.484. The number of aromatic nitrogens is 8. The van der Waals surface area contributed by atoms with E-state index >= 15 is 0 Å². The van der Waals surface area contributed by atoms with Gasteiger partial charge >= 0.3 is 0 Å². The van der Waals surface area contributed by atoms with Gasteiger partial charge in [0.2, 0.25) is 0 Å². The summed E-state index contributed by atoms with van der Waals surface area (Å²) in [4.78, 5) is 26.8. The average Bonchev–Trinajstić information content (AvgIpc) is 3.80. The highest BCUT2D eigenvalue weighted by molar-refractivity contribution is 5.77. The quantitative estimate of drug-likeness (QED) is 0.201. The Morgan fingerprint density at radius 1 is 0.698 bits per heavy atom. The first-order valence-corrected chi connectivity index (χ1v) is 15.1. The fourth-order valence-corrected chi connectivity index (χ4v) is 6.36. The number of hydrogen-bond donors (Lipinski definition) is 0. The zero-order chi connectivity index (χ0) is 29.7. The predicted octanol–water partition coefficient (Wildman–Crippen LogP) is 6.46. The molecule has 2 aliphatic heterocycles. The maximum Gasteiger partial charge on any atom is 0.250 e. The second kappa shape index (κ2) is 11.2. The van der Waals surface area contributed by atoms with E-state index in [0.717, 1.165) is 19.3 Å². The highest BCUT2D eigenvalue weighted by Crippen LogP contribution is 2.42. The minimum atomic E-state index is -0.133. The van der Waals surface area contributed by atoms with E-state index < -0.39 is 0 Å². The van der Waals surface area contributed by atoms with Gasteiger partial charge in [-0.2, -0.15) is 9.97 Å². The normalized spacial score (nSPS) is 27.3. The number of imidazole rings is 2. The van der Waals surface area contributed by atoms with Crippen LogP contribution >= 0.6 is 0 Å². The highest BCUT2D eigenvalue weighted by Gasteiger charge is 2.40. The van der Waals surface area contributed by atoms with Gasteiger partial charge in [0.05, 0.1) is 24.9 Å². The molecule has 6 heterocycles. The van der Waals surface area contributed by atoms with E-state index in [1.165, 1.54) is 12.7 Å². The van der Waals surface area contributed by atoms with Crippen LogP contribution in [-0.2, 0) is 9.47 Å². The SMILES string of the molecule is CC[C@H]1O[C@@H](n2cnc3c(Oc4ccc(Oc5ncnc6c5ncn6[C@@H]5O[C@H](CC)C(C)[C@@H]5C)cc4)ncnc32)CC1C. The Balaban J connectivity index is 1.08.